The second-order valence-electron chi connectivity index (χ2n) is 6.93. The van der Waals surface area contributed by atoms with Crippen LogP contribution in [0, 0.1) is 0 Å². The Morgan fingerprint density at radius 2 is 1.85 bits per heavy atom. The third-order valence-electron chi connectivity index (χ3n) is 5.64. The lowest BCUT2D eigenvalue weighted by Crippen LogP contribution is -2.58. The van der Waals surface area contributed by atoms with Crippen LogP contribution in [0.25, 0.3) is 0 Å². The van der Waals surface area contributed by atoms with E-state index in [-0.39, 0.29) is 10.4 Å². The van der Waals surface area contributed by atoms with E-state index in [1.165, 1.54) is 0 Å². The van der Waals surface area contributed by atoms with Crippen molar-refractivity contribution in [1.82, 2.24) is 4.31 Å². The molecule has 0 unspecified atom stereocenters. The zero-order valence-corrected chi connectivity index (χ0v) is 17.2. The molecule has 2 aromatic carbocycles. The maximum Gasteiger partial charge on any atom is 0.245 e. The molecule has 5 nitrogen and oxygen atoms in total. The van der Waals surface area contributed by atoms with Crippen molar-refractivity contribution in [3.8, 4) is 5.75 Å². The number of rotatable bonds is 2. The van der Waals surface area contributed by atoms with Crippen LogP contribution in [0.5, 0.6) is 5.75 Å². The first kappa shape index (κ1) is 17.8. The lowest BCUT2D eigenvalue weighted by molar-refractivity contribution is 0.118. The van der Waals surface area contributed by atoms with Gasteiger partial charge in [0.2, 0.25) is 10.0 Å². The highest BCUT2D eigenvalue weighted by Gasteiger charge is 2.50. The highest BCUT2D eigenvalue weighted by atomic mass is 79.9. The second kappa shape index (κ2) is 6.25. The molecular formula is C19H21BrN2O3S. The highest BCUT2D eigenvalue weighted by molar-refractivity contribution is 9.10. The summed E-state index contributed by atoms with van der Waals surface area (Å²) in [6, 6.07) is 13.4. The molecule has 1 heterocycles. The lowest BCUT2D eigenvalue weighted by Gasteiger charge is -2.48. The first-order chi connectivity index (χ1) is 12.4. The number of hydrogen-bond acceptors (Lipinski definition) is 4. The van der Waals surface area contributed by atoms with Crippen LogP contribution in [0.4, 0.5) is 11.4 Å². The number of sulfonamides is 1. The van der Waals surface area contributed by atoms with Crippen molar-refractivity contribution < 1.29 is 13.2 Å². The van der Waals surface area contributed by atoms with Gasteiger partial charge >= 0.3 is 0 Å². The fraction of sp³-hybridized carbons (Fsp3) is 0.368. The average molecular weight is 437 g/mol. The van der Waals surface area contributed by atoms with Gasteiger partial charge in [-0.1, -0.05) is 18.2 Å². The summed E-state index contributed by atoms with van der Waals surface area (Å²) < 4.78 is 34.5. The van der Waals surface area contributed by atoms with Gasteiger partial charge in [0, 0.05) is 25.3 Å². The van der Waals surface area contributed by atoms with Crippen molar-refractivity contribution in [2.24, 2.45) is 0 Å². The number of methoxy groups -OCH3 is 1. The number of anilines is 2. The van der Waals surface area contributed by atoms with Gasteiger partial charge in [-0.15, -0.1) is 0 Å². The van der Waals surface area contributed by atoms with Crippen molar-refractivity contribution in [3.63, 3.8) is 0 Å². The smallest absolute Gasteiger partial charge is 0.245 e. The molecule has 0 bridgehead atoms. The summed E-state index contributed by atoms with van der Waals surface area (Å²) in [6.45, 7) is 0.637. The van der Waals surface area contributed by atoms with E-state index in [0.717, 1.165) is 29.4 Å². The van der Waals surface area contributed by atoms with E-state index in [4.69, 9.17) is 4.74 Å². The lowest BCUT2D eigenvalue weighted by atomic mass is 9.76. The Bertz CT molecular complexity index is 943. The topological polar surface area (TPSA) is 49.9 Å². The minimum absolute atomic E-state index is 0.285. The van der Waals surface area contributed by atoms with Crippen LogP contribution >= 0.6 is 15.9 Å². The maximum absolute atomic E-state index is 13.4. The largest absolute Gasteiger partial charge is 0.496 e. The molecular weight excluding hydrogens is 416 g/mol. The molecule has 1 saturated carbocycles. The number of hydrogen-bond donors (Lipinski definition) is 0. The minimum atomic E-state index is -3.63. The van der Waals surface area contributed by atoms with Crippen molar-refractivity contribution in [3.05, 3.63) is 46.9 Å². The molecule has 0 amide bonds. The van der Waals surface area contributed by atoms with E-state index < -0.39 is 10.0 Å². The molecule has 1 aliphatic heterocycles. The molecule has 1 aliphatic carbocycles. The molecule has 0 radical (unpaired) electrons. The molecule has 7 heteroatoms. The van der Waals surface area contributed by atoms with Crippen molar-refractivity contribution >= 4 is 37.3 Å². The number of likely N-dealkylation sites (N-methyl/N-ethyl adjacent to an activating group) is 1. The highest BCUT2D eigenvalue weighted by Crippen LogP contribution is 2.49. The van der Waals surface area contributed by atoms with Gasteiger partial charge < -0.3 is 9.64 Å². The third-order valence-corrected chi connectivity index (χ3v) is 8.25. The van der Waals surface area contributed by atoms with Crippen LogP contribution < -0.4 is 9.64 Å². The van der Waals surface area contributed by atoms with E-state index in [2.05, 4.69) is 20.8 Å². The Morgan fingerprint density at radius 1 is 1.15 bits per heavy atom. The minimum Gasteiger partial charge on any atom is -0.496 e. The van der Waals surface area contributed by atoms with Crippen molar-refractivity contribution in [2.45, 2.75) is 29.7 Å². The van der Waals surface area contributed by atoms with Gasteiger partial charge in [-0.2, -0.15) is 4.31 Å². The van der Waals surface area contributed by atoms with Gasteiger partial charge in [0.05, 0.1) is 22.8 Å². The molecule has 1 spiro atoms. The number of ether oxygens (including phenoxy) is 1. The summed E-state index contributed by atoms with van der Waals surface area (Å²) >= 11 is 3.51. The third kappa shape index (κ3) is 2.56. The molecule has 4 rings (SSSR count). The van der Waals surface area contributed by atoms with E-state index in [1.807, 2.05) is 36.4 Å². The van der Waals surface area contributed by atoms with Gasteiger partial charge in [0.1, 0.15) is 10.6 Å². The van der Waals surface area contributed by atoms with Crippen molar-refractivity contribution in [2.75, 3.05) is 25.6 Å². The predicted molar refractivity (Wildman–Crippen MR) is 106 cm³/mol. The molecule has 2 aromatic rings. The number of benzene rings is 2. The van der Waals surface area contributed by atoms with Crippen LogP contribution in [0.2, 0.25) is 0 Å². The number of halogens is 1. The summed E-state index contributed by atoms with van der Waals surface area (Å²) in [7, 11) is -0.372. The fourth-order valence-corrected chi connectivity index (χ4v) is 6.10. The van der Waals surface area contributed by atoms with Gasteiger partial charge in [0.25, 0.3) is 0 Å². The van der Waals surface area contributed by atoms with E-state index in [0.29, 0.717) is 18.0 Å². The normalized spacial score (nSPS) is 21.0. The van der Waals surface area contributed by atoms with Crippen LogP contribution in [0.3, 0.4) is 0 Å². The second-order valence-corrected chi connectivity index (χ2v) is 9.72. The monoisotopic (exact) mass is 436 g/mol. The standard InChI is InChI=1S/C19H21BrN2O3S/c1-21-19(9-6-10-19)13-22(14-7-4-3-5-8-14)16-11-15(20)17(25-2)12-18(16)26(21,23)24/h3-5,7-8,11-12H,6,9-10,13H2,1-2H3. The molecule has 138 valence electrons. The Labute approximate surface area is 162 Å². The van der Waals surface area contributed by atoms with Gasteiger partial charge in [-0.05, 0) is 53.4 Å². The fourth-order valence-electron chi connectivity index (χ4n) is 3.88. The predicted octanol–water partition coefficient (Wildman–Crippen LogP) is 4.15. The van der Waals surface area contributed by atoms with Crippen LogP contribution in [0.15, 0.2) is 51.8 Å². The molecule has 0 N–H and O–H groups in total. The van der Waals surface area contributed by atoms with E-state index in [9.17, 15) is 8.42 Å². The summed E-state index contributed by atoms with van der Waals surface area (Å²) in [5.41, 5.74) is 1.30. The summed E-state index contributed by atoms with van der Waals surface area (Å²) in [4.78, 5) is 2.41. The van der Waals surface area contributed by atoms with Crippen LogP contribution in [0.1, 0.15) is 19.3 Å². The first-order valence-corrected chi connectivity index (χ1v) is 10.8. The quantitative estimate of drug-likeness (QED) is 0.709. The molecule has 26 heavy (non-hydrogen) atoms. The van der Waals surface area contributed by atoms with Gasteiger partial charge in [-0.3, -0.25) is 0 Å². The van der Waals surface area contributed by atoms with Crippen LogP contribution in [-0.4, -0.2) is 39.0 Å². The van der Waals surface area contributed by atoms with E-state index >= 15 is 0 Å². The average Bonchev–Trinajstić information content (AvgIpc) is 2.67. The first-order valence-electron chi connectivity index (χ1n) is 8.58. The van der Waals surface area contributed by atoms with Crippen LogP contribution in [-0.2, 0) is 10.0 Å². The summed E-state index contributed by atoms with van der Waals surface area (Å²) in [6.07, 6.45) is 2.79. The molecule has 0 aromatic heterocycles. The maximum atomic E-state index is 13.4. The Balaban J connectivity index is 2.00. The summed E-state index contributed by atoms with van der Waals surface area (Å²) in [5.74, 6) is 0.512. The molecule has 1 fully saturated rings. The number of nitrogens with zero attached hydrogens (tertiary/aromatic N) is 2. The van der Waals surface area contributed by atoms with Gasteiger partial charge in [-0.25, -0.2) is 8.42 Å². The molecule has 0 saturated heterocycles. The Hall–Kier alpha value is -1.57. The molecule has 2 aliphatic rings. The van der Waals surface area contributed by atoms with Crippen molar-refractivity contribution in [1.29, 1.82) is 0 Å². The SMILES string of the molecule is COc1cc2c(cc1Br)N(c1ccccc1)CC1(CCC1)N(C)S2(=O)=O. The Kier molecular flexibility index (Phi) is 4.28. The zero-order chi connectivity index (χ0) is 18.5. The van der Waals surface area contributed by atoms with Gasteiger partial charge in [0.15, 0.2) is 0 Å². The number of para-hydroxylation sites is 1. The summed E-state index contributed by atoms with van der Waals surface area (Å²) in [5, 5.41) is 0. The molecule has 0 atom stereocenters. The number of fused-ring (bicyclic) bond motifs is 1. The van der Waals surface area contributed by atoms with E-state index in [1.54, 1.807) is 24.5 Å². The Morgan fingerprint density at radius 3 is 2.42 bits per heavy atom. The zero-order valence-electron chi connectivity index (χ0n) is 14.8.